The van der Waals surface area contributed by atoms with Gasteiger partial charge in [0.1, 0.15) is 11.5 Å². The van der Waals surface area contributed by atoms with E-state index in [2.05, 4.69) is 0 Å². The van der Waals surface area contributed by atoms with Crippen molar-refractivity contribution in [3.63, 3.8) is 0 Å². The van der Waals surface area contributed by atoms with Crippen LogP contribution < -0.4 is 9.47 Å². The molecule has 1 amide bonds. The highest BCUT2D eigenvalue weighted by Gasteiger charge is 2.12. The van der Waals surface area contributed by atoms with Crippen molar-refractivity contribution in [1.29, 1.82) is 0 Å². The summed E-state index contributed by atoms with van der Waals surface area (Å²) < 4.78 is 10.7. The number of amides is 1. The number of hydrogen-bond donors (Lipinski definition) is 0. The lowest BCUT2D eigenvalue weighted by atomic mass is 10.2. The van der Waals surface area contributed by atoms with Crippen molar-refractivity contribution < 1.29 is 19.2 Å². The number of nitro groups is 1. The maximum Gasteiger partial charge on any atom is 0.273 e. The maximum absolute atomic E-state index is 12.2. The second-order valence-corrected chi connectivity index (χ2v) is 5.37. The topological polar surface area (TPSA) is 81.9 Å². The molecule has 2 aromatic rings. The van der Waals surface area contributed by atoms with Crippen LogP contribution in [0.3, 0.4) is 0 Å². The van der Waals surface area contributed by atoms with Gasteiger partial charge in [0.05, 0.1) is 17.6 Å². The van der Waals surface area contributed by atoms with E-state index >= 15 is 0 Å². The highest BCUT2D eigenvalue weighted by Crippen LogP contribution is 2.19. The second kappa shape index (κ2) is 8.68. The van der Waals surface area contributed by atoms with E-state index in [0.717, 1.165) is 11.3 Å². The molecule has 0 aliphatic carbocycles. The van der Waals surface area contributed by atoms with Gasteiger partial charge >= 0.3 is 0 Å². The highest BCUT2D eigenvalue weighted by molar-refractivity contribution is 5.77. The number of hydrogen-bond acceptors (Lipinski definition) is 5. The Morgan fingerprint density at radius 3 is 2.48 bits per heavy atom. The molecule has 0 radical (unpaired) electrons. The van der Waals surface area contributed by atoms with Gasteiger partial charge in [-0.25, -0.2) is 0 Å². The normalized spacial score (nSPS) is 10.2. The first-order valence-electron chi connectivity index (χ1n) is 7.82. The van der Waals surface area contributed by atoms with Crippen molar-refractivity contribution in [2.24, 2.45) is 0 Å². The molecule has 0 atom stereocenters. The van der Waals surface area contributed by atoms with E-state index < -0.39 is 4.92 Å². The number of ether oxygens (including phenoxy) is 2. The molecule has 0 bridgehead atoms. The van der Waals surface area contributed by atoms with Gasteiger partial charge < -0.3 is 14.4 Å². The van der Waals surface area contributed by atoms with Gasteiger partial charge in [0.25, 0.3) is 11.6 Å². The molecule has 0 fully saturated rings. The van der Waals surface area contributed by atoms with E-state index in [9.17, 15) is 14.9 Å². The fraction of sp³-hybridized carbons (Fsp3) is 0.278. The lowest BCUT2D eigenvalue weighted by Gasteiger charge is -2.18. The molecular weight excluding hydrogens is 324 g/mol. The van der Waals surface area contributed by atoms with E-state index in [1.54, 1.807) is 13.1 Å². The quantitative estimate of drug-likeness (QED) is 0.543. The van der Waals surface area contributed by atoms with Crippen LogP contribution in [0, 0.1) is 10.1 Å². The van der Waals surface area contributed by atoms with Crippen LogP contribution in [0.2, 0.25) is 0 Å². The maximum atomic E-state index is 12.2. The van der Waals surface area contributed by atoms with Crippen molar-refractivity contribution in [2.75, 3.05) is 20.3 Å². The van der Waals surface area contributed by atoms with Gasteiger partial charge in [-0.3, -0.25) is 14.9 Å². The van der Waals surface area contributed by atoms with Crippen molar-refractivity contribution in [2.45, 2.75) is 13.5 Å². The SMILES string of the molecule is CCOc1ccc(CN(C)C(=O)COc2cccc([N+](=O)[O-])c2)cc1. The molecule has 2 rings (SSSR count). The highest BCUT2D eigenvalue weighted by atomic mass is 16.6. The number of nitro benzene ring substituents is 1. The molecule has 0 spiro atoms. The van der Waals surface area contributed by atoms with Crippen LogP contribution in [0.15, 0.2) is 48.5 Å². The third-order valence-electron chi connectivity index (χ3n) is 3.47. The average molecular weight is 344 g/mol. The van der Waals surface area contributed by atoms with E-state index in [1.807, 2.05) is 31.2 Å². The Kier molecular flexibility index (Phi) is 6.33. The first kappa shape index (κ1) is 18.3. The van der Waals surface area contributed by atoms with Crippen molar-refractivity contribution in [3.8, 4) is 11.5 Å². The molecule has 0 saturated heterocycles. The summed E-state index contributed by atoms with van der Waals surface area (Å²) in [6.07, 6.45) is 0. The van der Waals surface area contributed by atoms with Gasteiger partial charge in [-0.15, -0.1) is 0 Å². The molecule has 7 heteroatoms. The molecule has 25 heavy (non-hydrogen) atoms. The first-order chi connectivity index (χ1) is 12.0. The minimum atomic E-state index is -0.507. The Hall–Kier alpha value is -3.09. The summed E-state index contributed by atoms with van der Waals surface area (Å²) in [5, 5.41) is 10.7. The minimum absolute atomic E-state index is 0.0762. The molecular formula is C18H20N2O5. The molecule has 0 unspecified atom stereocenters. The Bertz CT molecular complexity index is 731. The predicted molar refractivity (Wildman–Crippen MR) is 92.7 cm³/mol. The smallest absolute Gasteiger partial charge is 0.273 e. The van der Waals surface area contributed by atoms with Crippen LogP contribution in [0.25, 0.3) is 0 Å². The van der Waals surface area contributed by atoms with Gasteiger partial charge in [0.15, 0.2) is 6.61 Å². The van der Waals surface area contributed by atoms with Crippen molar-refractivity contribution in [1.82, 2.24) is 4.90 Å². The molecule has 7 nitrogen and oxygen atoms in total. The number of carbonyl (C=O) groups excluding carboxylic acids is 1. The van der Waals surface area contributed by atoms with Gasteiger partial charge in [-0.1, -0.05) is 18.2 Å². The van der Waals surface area contributed by atoms with Crippen molar-refractivity contribution >= 4 is 11.6 Å². The van der Waals surface area contributed by atoms with E-state index in [4.69, 9.17) is 9.47 Å². The summed E-state index contributed by atoms with van der Waals surface area (Å²) in [5.41, 5.74) is 0.891. The van der Waals surface area contributed by atoms with E-state index in [-0.39, 0.29) is 24.0 Å². The Labute approximate surface area is 145 Å². The van der Waals surface area contributed by atoms with Crippen LogP contribution in [0.4, 0.5) is 5.69 Å². The zero-order valence-corrected chi connectivity index (χ0v) is 14.2. The number of non-ortho nitro benzene ring substituents is 1. The van der Waals surface area contributed by atoms with E-state index in [0.29, 0.717) is 13.2 Å². The van der Waals surface area contributed by atoms with Crippen LogP contribution in [-0.2, 0) is 11.3 Å². The molecule has 2 aromatic carbocycles. The molecule has 0 N–H and O–H groups in total. The molecule has 0 heterocycles. The fourth-order valence-corrected chi connectivity index (χ4v) is 2.16. The fourth-order valence-electron chi connectivity index (χ4n) is 2.16. The number of benzene rings is 2. The summed E-state index contributed by atoms with van der Waals surface area (Å²) in [5.74, 6) is 0.853. The van der Waals surface area contributed by atoms with Crippen LogP contribution in [0.1, 0.15) is 12.5 Å². The van der Waals surface area contributed by atoms with Crippen molar-refractivity contribution in [3.05, 3.63) is 64.2 Å². The monoisotopic (exact) mass is 344 g/mol. The predicted octanol–water partition coefficient (Wildman–Crippen LogP) is 3.03. The molecule has 0 aliphatic heterocycles. The van der Waals surface area contributed by atoms with Gasteiger partial charge in [-0.05, 0) is 30.7 Å². The minimum Gasteiger partial charge on any atom is -0.494 e. The Balaban J connectivity index is 1.87. The summed E-state index contributed by atoms with van der Waals surface area (Å²) in [6.45, 7) is 2.77. The van der Waals surface area contributed by atoms with Gasteiger partial charge in [0, 0.05) is 19.7 Å². The summed E-state index contributed by atoms with van der Waals surface area (Å²) in [6, 6.07) is 13.3. The van der Waals surface area contributed by atoms with E-state index in [1.165, 1.54) is 23.1 Å². The lowest BCUT2D eigenvalue weighted by Crippen LogP contribution is -2.30. The summed E-state index contributed by atoms with van der Waals surface area (Å²) >= 11 is 0. The average Bonchev–Trinajstić information content (AvgIpc) is 2.61. The standard InChI is InChI=1S/C18H20N2O5/c1-3-24-16-9-7-14(8-10-16)12-19(2)18(21)13-25-17-6-4-5-15(11-17)20(22)23/h4-11H,3,12-13H2,1-2H3. The van der Waals surface area contributed by atoms with Gasteiger partial charge in [-0.2, -0.15) is 0 Å². The summed E-state index contributed by atoms with van der Waals surface area (Å²) in [4.78, 5) is 23.9. The molecule has 0 aromatic heterocycles. The Morgan fingerprint density at radius 1 is 1.12 bits per heavy atom. The van der Waals surface area contributed by atoms with Crippen LogP contribution in [0.5, 0.6) is 11.5 Å². The third-order valence-corrected chi connectivity index (χ3v) is 3.47. The second-order valence-electron chi connectivity index (χ2n) is 5.37. The molecule has 0 saturated carbocycles. The number of nitrogens with zero attached hydrogens (tertiary/aromatic N) is 2. The Morgan fingerprint density at radius 2 is 1.84 bits per heavy atom. The van der Waals surface area contributed by atoms with Crippen LogP contribution in [-0.4, -0.2) is 36.0 Å². The zero-order chi connectivity index (χ0) is 18.2. The lowest BCUT2D eigenvalue weighted by molar-refractivity contribution is -0.384. The largest absolute Gasteiger partial charge is 0.494 e. The van der Waals surface area contributed by atoms with Gasteiger partial charge in [0.2, 0.25) is 0 Å². The molecule has 0 aliphatic rings. The third kappa shape index (κ3) is 5.49. The number of likely N-dealkylation sites (N-methyl/N-ethyl adjacent to an activating group) is 1. The number of rotatable bonds is 8. The number of carbonyl (C=O) groups is 1. The van der Waals surface area contributed by atoms with Crippen LogP contribution >= 0.6 is 0 Å². The zero-order valence-electron chi connectivity index (χ0n) is 14.2. The summed E-state index contributed by atoms with van der Waals surface area (Å²) in [7, 11) is 1.68. The molecule has 132 valence electrons. The first-order valence-corrected chi connectivity index (χ1v) is 7.82.